The molecule has 144 valence electrons. The van der Waals surface area contributed by atoms with Crippen LogP contribution in [0.15, 0.2) is 0 Å². The lowest BCUT2D eigenvalue weighted by Gasteiger charge is -2.13. The van der Waals surface area contributed by atoms with Crippen LogP contribution in [0, 0.1) is 0 Å². The van der Waals surface area contributed by atoms with E-state index in [1.54, 1.807) is 0 Å². The summed E-state index contributed by atoms with van der Waals surface area (Å²) in [6, 6.07) is 0. The number of hydrogen-bond acceptors (Lipinski definition) is 18. The molecule has 0 aromatic rings. The van der Waals surface area contributed by atoms with Crippen LogP contribution in [0.4, 0.5) is 0 Å². The summed E-state index contributed by atoms with van der Waals surface area (Å²) in [5.74, 6) is 0. The molecule has 1 saturated heterocycles. The van der Waals surface area contributed by atoms with Crippen LogP contribution >= 0.6 is 49.0 Å². The molecule has 18 nitrogen and oxygen atoms in total. The Morgan fingerprint density at radius 1 is 0.250 bits per heavy atom. The maximum Gasteiger partial charge on any atom is 0.667 e. The summed E-state index contributed by atoms with van der Waals surface area (Å²) in [6.45, 7) is 0. The molecule has 0 aromatic heterocycles. The van der Waals surface area contributed by atoms with E-state index in [1.807, 2.05) is 0 Å². The molecule has 1 fully saturated rings. The number of rotatable bonds is 0. The van der Waals surface area contributed by atoms with E-state index in [-0.39, 0.29) is 0 Å². The maximum absolute atomic E-state index is 9.18. The summed E-state index contributed by atoms with van der Waals surface area (Å²) in [5, 5.41) is 0. The molecule has 1 rings (SSSR count). The van der Waals surface area contributed by atoms with Gasteiger partial charge in [0.25, 0.3) is 0 Å². The molecule has 0 radical (unpaired) electrons. The third-order valence-electron chi connectivity index (χ3n) is 1.28. The zero-order chi connectivity index (χ0) is 19.2. The molecule has 0 atom stereocenters. The Kier molecular flexibility index (Phi) is 7.33. The lowest BCUT2D eigenvalue weighted by atomic mass is 15.6. The van der Waals surface area contributed by atoms with E-state index in [1.165, 1.54) is 0 Å². The van der Waals surface area contributed by atoms with Gasteiger partial charge in [-0.1, -0.05) is 0 Å². The van der Waals surface area contributed by atoms with Gasteiger partial charge in [-0.15, -0.1) is 0 Å². The van der Waals surface area contributed by atoms with Gasteiger partial charge in [0.1, 0.15) is 25.9 Å². The Bertz CT molecular complexity index is 316. The Balaban J connectivity index is 3.24. The van der Waals surface area contributed by atoms with Gasteiger partial charge in [0, 0.05) is 0 Å². The topological polar surface area (TPSA) is 298 Å². The SMILES string of the molecule is O[P+]1(O)O[P+](O)(O)O[P+](O)(O)O[P+](O)(O)O[P+](O)(O)O[P+](O)(O)O1. The van der Waals surface area contributed by atoms with Crippen molar-refractivity contribution in [3.8, 4) is 0 Å². The van der Waals surface area contributed by atoms with Gasteiger partial charge in [-0.05, 0) is 0 Å². The van der Waals surface area contributed by atoms with E-state index >= 15 is 0 Å². The van der Waals surface area contributed by atoms with Crippen LogP contribution in [-0.4, -0.2) is 58.7 Å². The first-order valence-electron chi connectivity index (χ1n) is 4.59. The second-order valence-corrected chi connectivity index (χ2v) is 13.2. The van der Waals surface area contributed by atoms with Crippen LogP contribution in [0.3, 0.4) is 0 Å². The Morgan fingerprint density at radius 2 is 0.333 bits per heavy atom. The fourth-order valence-corrected chi connectivity index (χ4v) is 9.90. The summed E-state index contributed by atoms with van der Waals surface area (Å²) in [5.41, 5.74) is 0. The van der Waals surface area contributed by atoms with Crippen LogP contribution < -0.4 is 0 Å². The van der Waals surface area contributed by atoms with Crippen LogP contribution in [0.2, 0.25) is 0 Å². The average Bonchev–Trinajstić information content (AvgIpc) is 1.98. The van der Waals surface area contributed by atoms with E-state index < -0.39 is 49.0 Å². The van der Waals surface area contributed by atoms with Gasteiger partial charge in [0.05, 0.1) is 0 Å². The van der Waals surface area contributed by atoms with Crippen LogP contribution in [0.1, 0.15) is 0 Å². The highest BCUT2D eigenvalue weighted by molar-refractivity contribution is 7.81. The second kappa shape index (κ2) is 7.36. The first-order chi connectivity index (χ1) is 10.2. The molecular formula is H12O18P6+6. The van der Waals surface area contributed by atoms with E-state index in [0.29, 0.717) is 0 Å². The number of hydrogen-bond donors (Lipinski definition) is 12. The predicted octanol–water partition coefficient (Wildman–Crippen LogP) is -1.93. The smallest absolute Gasteiger partial charge is 0.162 e. The molecule has 0 unspecified atom stereocenters. The quantitative estimate of drug-likeness (QED) is 0.166. The molecule has 0 bridgehead atoms. The lowest BCUT2D eigenvalue weighted by molar-refractivity contribution is 0.110. The van der Waals surface area contributed by atoms with Crippen LogP contribution in [-0.2, 0) is 25.9 Å². The van der Waals surface area contributed by atoms with E-state index in [4.69, 9.17) is 0 Å². The van der Waals surface area contributed by atoms with Crippen molar-refractivity contribution in [2.75, 3.05) is 0 Å². The molecule has 0 spiro atoms. The van der Waals surface area contributed by atoms with Crippen molar-refractivity contribution in [3.05, 3.63) is 0 Å². The van der Waals surface area contributed by atoms with Crippen molar-refractivity contribution in [2.45, 2.75) is 0 Å². The van der Waals surface area contributed by atoms with Gasteiger partial charge in [-0.25, -0.2) is 0 Å². The minimum absolute atomic E-state index is 3.62. The molecule has 1 heterocycles. The molecule has 12 N–H and O–H groups in total. The molecule has 0 aliphatic carbocycles. The van der Waals surface area contributed by atoms with Crippen molar-refractivity contribution in [1.82, 2.24) is 0 Å². The largest absolute Gasteiger partial charge is 0.667 e. The van der Waals surface area contributed by atoms with Crippen molar-refractivity contribution < 1.29 is 84.6 Å². The van der Waals surface area contributed by atoms with E-state index in [0.717, 1.165) is 0 Å². The molecule has 1 aliphatic heterocycles. The van der Waals surface area contributed by atoms with Crippen molar-refractivity contribution >= 4 is 49.0 Å². The third kappa shape index (κ3) is 8.70. The summed E-state index contributed by atoms with van der Waals surface area (Å²) in [4.78, 5) is 110. The van der Waals surface area contributed by atoms with E-state index in [2.05, 4.69) is 25.9 Å². The maximum atomic E-state index is 9.18. The first-order valence-corrected chi connectivity index (χ1v) is 13.8. The zero-order valence-electron chi connectivity index (χ0n) is 10.5. The Morgan fingerprint density at radius 3 is 0.417 bits per heavy atom. The highest BCUT2D eigenvalue weighted by Gasteiger charge is 2.83. The van der Waals surface area contributed by atoms with Crippen molar-refractivity contribution in [2.24, 2.45) is 0 Å². The lowest BCUT2D eigenvalue weighted by Crippen LogP contribution is -2.14. The summed E-state index contributed by atoms with van der Waals surface area (Å²) < 4.78 is 21.7. The average molecular weight is 486 g/mol. The van der Waals surface area contributed by atoms with Gasteiger partial charge in [0.2, 0.25) is 0 Å². The zero-order valence-corrected chi connectivity index (χ0v) is 15.9. The summed E-state index contributed by atoms with van der Waals surface area (Å²) in [6.07, 6.45) is 0. The van der Waals surface area contributed by atoms with Gasteiger partial charge in [0.15, 0.2) is 0 Å². The van der Waals surface area contributed by atoms with Crippen LogP contribution in [0.25, 0.3) is 0 Å². The fraction of sp³-hybridized carbons (Fsp3) is 0. The third-order valence-corrected chi connectivity index (χ3v) is 11.5. The van der Waals surface area contributed by atoms with Gasteiger partial charge in [-0.3, -0.25) is 0 Å². The Hall–Kier alpha value is 1.86. The Labute approximate surface area is 134 Å². The standard InChI is InChI=1S/H12O18P6/c1-19(2)13-20(3,4)15-22(7,8)17-24(11,12)18-23(9,10)16-21(5,6)14-19/h1-12H/q+6. The molecule has 24 heavy (non-hydrogen) atoms. The van der Waals surface area contributed by atoms with Gasteiger partial charge in [-0.2, -0.15) is 58.7 Å². The highest BCUT2D eigenvalue weighted by atomic mass is 31.4. The second-order valence-electron chi connectivity index (χ2n) is 3.43. The molecule has 24 heteroatoms. The molecule has 0 saturated carbocycles. The minimum Gasteiger partial charge on any atom is -0.162 e. The predicted molar refractivity (Wildman–Crippen MR) is 74.7 cm³/mol. The normalized spacial score (nSPS) is 31.5. The molecule has 1 aliphatic rings. The summed E-state index contributed by atoms with van der Waals surface area (Å²) >= 11 is 0. The summed E-state index contributed by atoms with van der Waals surface area (Å²) in [7, 11) is -34.0. The van der Waals surface area contributed by atoms with Gasteiger partial charge >= 0.3 is 49.0 Å². The minimum atomic E-state index is -5.66. The first kappa shape index (κ1) is 23.9. The highest BCUT2D eigenvalue weighted by Crippen LogP contribution is 2.88. The van der Waals surface area contributed by atoms with Gasteiger partial charge < -0.3 is 0 Å². The van der Waals surface area contributed by atoms with E-state index in [9.17, 15) is 58.7 Å². The van der Waals surface area contributed by atoms with Crippen LogP contribution in [0.5, 0.6) is 0 Å². The molecular weight excluding hydrogens is 474 g/mol. The molecule has 0 amide bonds. The van der Waals surface area contributed by atoms with Crippen molar-refractivity contribution in [1.29, 1.82) is 0 Å². The monoisotopic (exact) mass is 486 g/mol. The van der Waals surface area contributed by atoms with Crippen molar-refractivity contribution in [3.63, 3.8) is 0 Å². The molecule has 0 aromatic carbocycles. The fourth-order valence-electron chi connectivity index (χ4n) is 0.921.